The van der Waals surface area contributed by atoms with Crippen LogP contribution in [-0.2, 0) is 11.3 Å². The number of para-hydroxylation sites is 3. The first-order valence-corrected chi connectivity index (χ1v) is 9.07. The first-order chi connectivity index (χ1) is 12.5. The maximum absolute atomic E-state index is 12.7. The van der Waals surface area contributed by atoms with Gasteiger partial charge in [-0.25, -0.2) is 4.98 Å². The van der Waals surface area contributed by atoms with Crippen molar-refractivity contribution in [3.05, 3.63) is 71.5 Å². The van der Waals surface area contributed by atoms with Crippen LogP contribution in [0, 0.1) is 0 Å². The molecule has 1 fully saturated rings. The van der Waals surface area contributed by atoms with Crippen LogP contribution in [0.15, 0.2) is 60.7 Å². The van der Waals surface area contributed by atoms with Crippen molar-refractivity contribution >= 4 is 34.2 Å². The van der Waals surface area contributed by atoms with Crippen LogP contribution in [0.2, 0.25) is 5.02 Å². The lowest BCUT2D eigenvalue weighted by Gasteiger charge is -2.18. The fourth-order valence-corrected chi connectivity index (χ4v) is 3.86. The number of rotatable bonds is 4. The molecule has 1 atom stereocenters. The minimum absolute atomic E-state index is 0.0329. The summed E-state index contributed by atoms with van der Waals surface area (Å²) in [4.78, 5) is 19.3. The number of fused-ring (bicyclic) bond motifs is 1. The zero-order valence-corrected chi connectivity index (χ0v) is 15.4. The van der Waals surface area contributed by atoms with Crippen LogP contribution >= 0.6 is 11.6 Å². The summed E-state index contributed by atoms with van der Waals surface area (Å²) in [5.74, 6) is 1.06. The van der Waals surface area contributed by atoms with Crippen LogP contribution in [0.4, 0.5) is 5.69 Å². The van der Waals surface area contributed by atoms with Crippen molar-refractivity contribution in [1.82, 2.24) is 9.55 Å². The fraction of sp³-hybridized carbons (Fsp3) is 0.238. The van der Waals surface area contributed by atoms with E-state index in [-0.39, 0.29) is 11.8 Å². The van der Waals surface area contributed by atoms with E-state index in [0.29, 0.717) is 24.5 Å². The predicted molar refractivity (Wildman–Crippen MR) is 106 cm³/mol. The number of aromatic nitrogens is 2. The molecule has 1 aromatic heterocycles. The summed E-state index contributed by atoms with van der Waals surface area (Å²) in [5, 5.41) is 0.594. The van der Waals surface area contributed by atoms with Gasteiger partial charge in [0.1, 0.15) is 5.82 Å². The number of allylic oxidation sites excluding steroid dienone is 1. The minimum Gasteiger partial charge on any atom is -0.324 e. The summed E-state index contributed by atoms with van der Waals surface area (Å²) in [6.45, 7) is 7.34. The third-order valence-electron chi connectivity index (χ3n) is 4.75. The maximum atomic E-state index is 12.7. The monoisotopic (exact) mass is 365 g/mol. The van der Waals surface area contributed by atoms with Crippen molar-refractivity contribution in [2.24, 2.45) is 0 Å². The van der Waals surface area contributed by atoms with Gasteiger partial charge in [-0.2, -0.15) is 0 Å². The van der Waals surface area contributed by atoms with Gasteiger partial charge in [0.2, 0.25) is 5.91 Å². The van der Waals surface area contributed by atoms with E-state index in [2.05, 4.69) is 17.2 Å². The van der Waals surface area contributed by atoms with E-state index >= 15 is 0 Å². The first kappa shape index (κ1) is 16.9. The highest BCUT2D eigenvalue weighted by Gasteiger charge is 2.35. The second-order valence-electron chi connectivity index (χ2n) is 6.86. The molecule has 2 aromatic carbocycles. The molecule has 0 saturated carbocycles. The molecular formula is C21H20ClN3O. The Hall–Kier alpha value is -2.59. The number of carbonyl (C=O) groups is 1. The van der Waals surface area contributed by atoms with Crippen LogP contribution in [-0.4, -0.2) is 22.0 Å². The van der Waals surface area contributed by atoms with Gasteiger partial charge in [0.05, 0.1) is 21.7 Å². The maximum Gasteiger partial charge on any atom is 0.227 e. The topological polar surface area (TPSA) is 38.1 Å². The number of carbonyl (C=O) groups excluding carboxylic acids is 1. The molecule has 5 heteroatoms. The summed E-state index contributed by atoms with van der Waals surface area (Å²) in [6, 6.07) is 15.5. The molecule has 132 valence electrons. The van der Waals surface area contributed by atoms with Crippen LogP contribution in [0.25, 0.3) is 11.0 Å². The highest BCUT2D eigenvalue weighted by atomic mass is 35.5. The number of nitrogens with zero attached hydrogens (tertiary/aromatic N) is 3. The number of halogens is 1. The fourth-order valence-electron chi connectivity index (χ4n) is 3.63. The molecular weight excluding hydrogens is 346 g/mol. The average Bonchev–Trinajstić information content (AvgIpc) is 3.16. The Kier molecular flexibility index (Phi) is 4.29. The Balaban J connectivity index is 1.73. The van der Waals surface area contributed by atoms with Gasteiger partial charge in [0, 0.05) is 25.4 Å². The van der Waals surface area contributed by atoms with E-state index in [0.717, 1.165) is 28.1 Å². The van der Waals surface area contributed by atoms with Crippen molar-refractivity contribution in [2.75, 3.05) is 11.4 Å². The lowest BCUT2D eigenvalue weighted by molar-refractivity contribution is -0.117. The van der Waals surface area contributed by atoms with Gasteiger partial charge in [-0.15, -0.1) is 0 Å². The third-order valence-corrected chi connectivity index (χ3v) is 5.07. The molecule has 4 nitrogen and oxygen atoms in total. The molecule has 0 spiro atoms. The summed E-state index contributed by atoms with van der Waals surface area (Å²) in [5.41, 5.74) is 3.85. The average molecular weight is 366 g/mol. The molecule has 1 saturated heterocycles. The van der Waals surface area contributed by atoms with Crippen LogP contribution in [0.5, 0.6) is 0 Å². The summed E-state index contributed by atoms with van der Waals surface area (Å²) >= 11 is 6.30. The smallest absolute Gasteiger partial charge is 0.227 e. The van der Waals surface area contributed by atoms with Gasteiger partial charge < -0.3 is 9.47 Å². The zero-order chi connectivity index (χ0) is 18.3. The number of anilines is 1. The van der Waals surface area contributed by atoms with Gasteiger partial charge >= 0.3 is 0 Å². The van der Waals surface area contributed by atoms with E-state index in [4.69, 9.17) is 16.6 Å². The molecule has 3 aromatic rings. The Morgan fingerprint density at radius 1 is 1.23 bits per heavy atom. The lowest BCUT2D eigenvalue weighted by Crippen LogP contribution is -2.24. The molecule has 0 N–H and O–H groups in total. The molecule has 0 bridgehead atoms. The number of hydrogen-bond acceptors (Lipinski definition) is 2. The highest BCUT2D eigenvalue weighted by molar-refractivity contribution is 6.33. The van der Waals surface area contributed by atoms with E-state index in [1.165, 1.54) is 0 Å². The van der Waals surface area contributed by atoms with Gasteiger partial charge in [-0.3, -0.25) is 4.79 Å². The zero-order valence-electron chi connectivity index (χ0n) is 14.7. The van der Waals surface area contributed by atoms with E-state index in [1.807, 2.05) is 49.4 Å². The number of benzene rings is 2. The van der Waals surface area contributed by atoms with Crippen LogP contribution in [0.3, 0.4) is 0 Å². The first-order valence-electron chi connectivity index (χ1n) is 8.69. The molecule has 1 aliphatic rings. The summed E-state index contributed by atoms with van der Waals surface area (Å²) in [6.07, 6.45) is 0.435. The Morgan fingerprint density at radius 2 is 1.96 bits per heavy atom. The largest absolute Gasteiger partial charge is 0.324 e. The van der Waals surface area contributed by atoms with Crippen molar-refractivity contribution in [1.29, 1.82) is 0 Å². The Bertz CT molecular complexity index is 1010. The van der Waals surface area contributed by atoms with Crippen molar-refractivity contribution in [3.8, 4) is 0 Å². The number of imidazole rings is 1. The Morgan fingerprint density at radius 3 is 2.73 bits per heavy atom. The van der Waals surface area contributed by atoms with Gasteiger partial charge in [-0.05, 0) is 31.2 Å². The molecule has 1 aliphatic heterocycles. The molecule has 4 rings (SSSR count). The van der Waals surface area contributed by atoms with Crippen LogP contribution in [0.1, 0.15) is 25.1 Å². The number of amides is 1. The molecule has 0 radical (unpaired) electrons. The van der Waals surface area contributed by atoms with E-state index in [1.54, 1.807) is 4.90 Å². The predicted octanol–water partition coefficient (Wildman–Crippen LogP) is 4.79. The quantitative estimate of drug-likeness (QED) is 0.623. The van der Waals surface area contributed by atoms with Crippen molar-refractivity contribution in [3.63, 3.8) is 0 Å². The molecule has 2 heterocycles. The summed E-state index contributed by atoms with van der Waals surface area (Å²) < 4.78 is 2.19. The van der Waals surface area contributed by atoms with Gasteiger partial charge in [-0.1, -0.05) is 48.0 Å². The van der Waals surface area contributed by atoms with Crippen molar-refractivity contribution in [2.45, 2.75) is 25.8 Å². The number of hydrogen-bond donors (Lipinski definition) is 0. The Labute approximate surface area is 157 Å². The lowest BCUT2D eigenvalue weighted by atomic mass is 10.1. The van der Waals surface area contributed by atoms with Crippen molar-refractivity contribution < 1.29 is 4.79 Å². The van der Waals surface area contributed by atoms with E-state index in [9.17, 15) is 4.79 Å². The minimum atomic E-state index is 0.0329. The molecule has 0 unspecified atom stereocenters. The SMILES string of the molecule is C=C(C)Cn1c([C@@H]2CC(=O)N(c3ccccc3Cl)C2)nc2ccccc21. The summed E-state index contributed by atoms with van der Waals surface area (Å²) in [7, 11) is 0. The molecule has 0 aliphatic carbocycles. The van der Waals surface area contributed by atoms with Crippen LogP contribution < -0.4 is 4.90 Å². The second-order valence-corrected chi connectivity index (χ2v) is 7.27. The molecule has 1 amide bonds. The standard InChI is InChI=1S/C21H20ClN3O/c1-14(2)12-25-19-10-6-4-8-17(19)23-21(25)15-11-20(26)24(13-15)18-9-5-3-7-16(18)22/h3-10,15H,1,11-13H2,2H3/t15-/m1/s1. The third kappa shape index (κ3) is 2.90. The van der Waals surface area contributed by atoms with E-state index < -0.39 is 0 Å². The molecule has 26 heavy (non-hydrogen) atoms. The van der Waals surface area contributed by atoms with Gasteiger partial charge in [0.15, 0.2) is 0 Å². The second kappa shape index (κ2) is 6.61. The van der Waals surface area contributed by atoms with Gasteiger partial charge in [0.25, 0.3) is 0 Å². The normalized spacial score (nSPS) is 17.2. The highest BCUT2D eigenvalue weighted by Crippen LogP contribution is 2.36.